The van der Waals surface area contributed by atoms with Crippen molar-refractivity contribution in [3.8, 4) is 5.75 Å². The summed E-state index contributed by atoms with van der Waals surface area (Å²) in [7, 11) is 0. The molecular weight excluding hydrogens is 372 g/mol. The first-order valence-corrected chi connectivity index (χ1v) is 11.5. The molecule has 1 saturated heterocycles. The van der Waals surface area contributed by atoms with E-state index >= 15 is 0 Å². The van der Waals surface area contributed by atoms with Crippen molar-refractivity contribution in [3.63, 3.8) is 0 Å². The summed E-state index contributed by atoms with van der Waals surface area (Å²) in [6, 6.07) is 9.42. The molecule has 5 nitrogen and oxygen atoms in total. The summed E-state index contributed by atoms with van der Waals surface area (Å²) in [6.45, 7) is 18.0. The Morgan fingerprint density at radius 1 is 1.33 bits per heavy atom. The number of benzene rings is 1. The minimum absolute atomic E-state index is 0.0145. The lowest BCUT2D eigenvalue weighted by Gasteiger charge is -2.49. The lowest BCUT2D eigenvalue weighted by Crippen LogP contribution is -2.62. The Hall–Kier alpha value is -2.01. The van der Waals surface area contributed by atoms with Gasteiger partial charge in [0.1, 0.15) is 23.8 Å². The molecule has 30 heavy (non-hydrogen) atoms. The molecule has 2 aliphatic rings. The number of nitrogens with zero attached hydrogens (tertiary/aromatic N) is 3. The number of ether oxygens (including phenoxy) is 1. The van der Waals surface area contributed by atoms with Crippen molar-refractivity contribution in [3.05, 3.63) is 41.6 Å². The largest absolute Gasteiger partial charge is 0.491 e. The highest BCUT2D eigenvalue weighted by atomic mass is 16.5. The molecule has 0 aliphatic carbocycles. The molecule has 166 valence electrons. The van der Waals surface area contributed by atoms with Crippen LogP contribution in [-0.2, 0) is 6.54 Å². The van der Waals surface area contributed by atoms with Gasteiger partial charge >= 0.3 is 0 Å². The summed E-state index contributed by atoms with van der Waals surface area (Å²) in [5.41, 5.74) is 2.62. The van der Waals surface area contributed by atoms with E-state index in [9.17, 15) is 0 Å². The Morgan fingerprint density at radius 3 is 2.73 bits per heavy atom. The number of nitrogens with one attached hydrogen (secondary N) is 1. The Labute approximate surface area is 183 Å². The Morgan fingerprint density at radius 2 is 2.10 bits per heavy atom. The lowest BCUT2D eigenvalue weighted by atomic mass is 9.80. The van der Waals surface area contributed by atoms with Gasteiger partial charge in [0.15, 0.2) is 0 Å². The van der Waals surface area contributed by atoms with Crippen LogP contribution < -0.4 is 10.1 Å². The predicted molar refractivity (Wildman–Crippen MR) is 126 cm³/mol. The van der Waals surface area contributed by atoms with Crippen LogP contribution in [0.1, 0.15) is 66.9 Å². The molecule has 1 N–H and O–H groups in total. The van der Waals surface area contributed by atoms with Gasteiger partial charge in [0, 0.05) is 30.9 Å². The molecule has 2 aliphatic heterocycles. The smallest absolute Gasteiger partial charge is 0.125 e. The van der Waals surface area contributed by atoms with Crippen LogP contribution in [0.25, 0.3) is 0 Å². The molecule has 2 heterocycles. The van der Waals surface area contributed by atoms with E-state index in [1.54, 1.807) is 0 Å². The number of rotatable bonds is 6. The van der Waals surface area contributed by atoms with Crippen molar-refractivity contribution < 1.29 is 4.74 Å². The topological polar surface area (TPSA) is 40.1 Å². The average molecular weight is 413 g/mol. The van der Waals surface area contributed by atoms with Gasteiger partial charge in [-0.15, -0.1) is 0 Å². The summed E-state index contributed by atoms with van der Waals surface area (Å²) in [5.74, 6) is 2.14. The number of piperidine rings is 1. The minimum Gasteiger partial charge on any atom is -0.491 e. The van der Waals surface area contributed by atoms with Crippen molar-refractivity contribution in [1.82, 2.24) is 15.1 Å². The second-order valence-electron chi connectivity index (χ2n) is 9.42. The third kappa shape index (κ3) is 4.83. The van der Waals surface area contributed by atoms with E-state index in [0.29, 0.717) is 12.1 Å². The molecule has 0 radical (unpaired) electrons. The number of hydrogen-bond donors (Lipinski definition) is 1. The van der Waals surface area contributed by atoms with Gasteiger partial charge in [0.25, 0.3) is 0 Å². The second kappa shape index (κ2) is 9.42. The first-order valence-electron chi connectivity index (χ1n) is 11.5. The Kier molecular flexibility index (Phi) is 7.12. The molecule has 0 aromatic heterocycles. The molecule has 3 rings (SSSR count). The molecule has 5 heteroatoms. The molecular formula is C25H40N4O. The molecule has 2 unspecified atom stereocenters. The first kappa shape index (κ1) is 22.7. The fraction of sp³-hybridized carbons (Fsp3) is 0.640. The van der Waals surface area contributed by atoms with Crippen LogP contribution in [0.4, 0.5) is 0 Å². The third-order valence-corrected chi connectivity index (χ3v) is 6.32. The van der Waals surface area contributed by atoms with Gasteiger partial charge in [-0.3, -0.25) is 4.90 Å². The van der Waals surface area contributed by atoms with Crippen molar-refractivity contribution in [1.29, 1.82) is 0 Å². The molecule has 1 fully saturated rings. The highest BCUT2D eigenvalue weighted by molar-refractivity contribution is 5.93. The fourth-order valence-electron chi connectivity index (χ4n) is 4.80. The predicted octanol–water partition coefficient (Wildman–Crippen LogP) is 4.79. The van der Waals surface area contributed by atoms with E-state index in [-0.39, 0.29) is 11.6 Å². The van der Waals surface area contributed by atoms with Crippen molar-refractivity contribution in [2.45, 2.75) is 91.6 Å². The first-order chi connectivity index (χ1) is 14.2. The summed E-state index contributed by atoms with van der Waals surface area (Å²) in [4.78, 5) is 10.1. The molecule has 1 spiro atoms. The number of amidine groups is 1. The van der Waals surface area contributed by atoms with Gasteiger partial charge in [0.2, 0.25) is 0 Å². The Balaban J connectivity index is 1.76. The Bertz CT molecular complexity index is 785. The van der Waals surface area contributed by atoms with Gasteiger partial charge in [0.05, 0.1) is 6.10 Å². The summed E-state index contributed by atoms with van der Waals surface area (Å²) in [6.07, 6.45) is 4.58. The SMILES string of the molecule is C/C=C(\C)N1CN=C(NC(C)C)C12CCN(Cc1cccc(OC(C)C)c1)C(C)C2. The van der Waals surface area contributed by atoms with Crippen LogP contribution in [0.15, 0.2) is 41.0 Å². The number of likely N-dealkylation sites (tertiary alicyclic amines) is 1. The van der Waals surface area contributed by atoms with Crippen molar-refractivity contribution >= 4 is 5.84 Å². The van der Waals surface area contributed by atoms with Crippen LogP contribution in [0.2, 0.25) is 0 Å². The average Bonchev–Trinajstić information content (AvgIpc) is 3.00. The zero-order chi connectivity index (χ0) is 21.9. The van der Waals surface area contributed by atoms with E-state index in [2.05, 4.69) is 93.9 Å². The van der Waals surface area contributed by atoms with E-state index in [0.717, 1.165) is 38.3 Å². The summed E-state index contributed by atoms with van der Waals surface area (Å²) >= 11 is 0. The van der Waals surface area contributed by atoms with Crippen LogP contribution >= 0.6 is 0 Å². The molecule has 2 atom stereocenters. The molecule has 1 aromatic carbocycles. The maximum absolute atomic E-state index is 5.90. The van der Waals surface area contributed by atoms with Gasteiger partial charge < -0.3 is 15.0 Å². The summed E-state index contributed by atoms with van der Waals surface area (Å²) < 4.78 is 5.90. The highest BCUT2D eigenvalue weighted by Crippen LogP contribution is 2.39. The van der Waals surface area contributed by atoms with Gasteiger partial charge in [-0.05, 0) is 79.0 Å². The highest BCUT2D eigenvalue weighted by Gasteiger charge is 2.49. The normalized spacial score (nSPS) is 25.4. The zero-order valence-corrected chi connectivity index (χ0v) is 19.9. The molecule has 0 bridgehead atoms. The van der Waals surface area contributed by atoms with Gasteiger partial charge in [-0.25, -0.2) is 4.99 Å². The van der Waals surface area contributed by atoms with Crippen molar-refractivity contribution in [2.75, 3.05) is 13.2 Å². The number of aliphatic imine (C=N–C) groups is 1. The van der Waals surface area contributed by atoms with E-state index in [4.69, 9.17) is 9.73 Å². The lowest BCUT2D eigenvalue weighted by molar-refractivity contribution is 0.0612. The quantitative estimate of drug-likeness (QED) is 0.729. The van der Waals surface area contributed by atoms with Crippen LogP contribution in [0.5, 0.6) is 5.75 Å². The minimum atomic E-state index is -0.0145. The summed E-state index contributed by atoms with van der Waals surface area (Å²) in [5, 5.41) is 3.67. The standard InChI is InChI=1S/C25H40N4O/c1-8-20(6)29-17-26-24(27-18(2)3)25(29)12-13-28(21(7)15-25)16-22-10-9-11-23(14-22)30-19(4)5/h8-11,14,18-19,21H,12-13,15-17H2,1-7H3,(H,26,27)/b20-8+. The van der Waals surface area contributed by atoms with E-state index in [1.165, 1.54) is 17.1 Å². The van der Waals surface area contributed by atoms with E-state index < -0.39 is 0 Å². The van der Waals surface area contributed by atoms with E-state index in [1.807, 2.05) is 0 Å². The van der Waals surface area contributed by atoms with Crippen LogP contribution in [0, 0.1) is 0 Å². The fourth-order valence-corrected chi connectivity index (χ4v) is 4.80. The maximum atomic E-state index is 5.90. The molecule has 0 amide bonds. The van der Waals surface area contributed by atoms with Crippen molar-refractivity contribution in [2.24, 2.45) is 4.99 Å². The second-order valence-corrected chi connectivity index (χ2v) is 9.42. The van der Waals surface area contributed by atoms with Crippen LogP contribution in [-0.4, -0.2) is 52.6 Å². The molecule has 1 aromatic rings. The third-order valence-electron chi connectivity index (χ3n) is 6.32. The van der Waals surface area contributed by atoms with Crippen LogP contribution in [0.3, 0.4) is 0 Å². The monoisotopic (exact) mass is 412 g/mol. The number of allylic oxidation sites excluding steroid dienone is 2. The molecule has 0 saturated carbocycles. The maximum Gasteiger partial charge on any atom is 0.125 e. The van der Waals surface area contributed by atoms with Gasteiger partial charge in [-0.2, -0.15) is 0 Å². The van der Waals surface area contributed by atoms with Gasteiger partial charge in [-0.1, -0.05) is 18.2 Å². The number of hydrogen-bond acceptors (Lipinski definition) is 5. The zero-order valence-electron chi connectivity index (χ0n) is 19.9.